The highest BCUT2D eigenvalue weighted by Gasteiger charge is 2.43. The van der Waals surface area contributed by atoms with Crippen molar-refractivity contribution in [1.82, 2.24) is 9.97 Å². The fourth-order valence-corrected chi connectivity index (χ4v) is 3.65. The lowest BCUT2D eigenvalue weighted by atomic mass is 9.79. The molecule has 0 radical (unpaired) electrons. The van der Waals surface area contributed by atoms with Crippen molar-refractivity contribution in [2.24, 2.45) is 10.7 Å². The summed E-state index contributed by atoms with van der Waals surface area (Å²) in [6, 6.07) is 16.3. The molecular weight excluding hydrogens is 380 g/mol. The van der Waals surface area contributed by atoms with Crippen molar-refractivity contribution in [3.05, 3.63) is 87.7 Å². The van der Waals surface area contributed by atoms with E-state index in [1.807, 2.05) is 48.5 Å². The molecule has 0 fully saturated rings. The van der Waals surface area contributed by atoms with Crippen LogP contribution in [0.5, 0.6) is 6.01 Å². The van der Waals surface area contributed by atoms with Gasteiger partial charge in [-0.15, -0.1) is 0 Å². The van der Waals surface area contributed by atoms with Gasteiger partial charge in [0, 0.05) is 28.0 Å². The van der Waals surface area contributed by atoms with E-state index in [1.54, 1.807) is 19.5 Å². The molecule has 1 aliphatic heterocycles. The number of aliphatic imine (C=N–C) groups is 1. The van der Waals surface area contributed by atoms with Crippen molar-refractivity contribution in [2.75, 3.05) is 7.11 Å². The SMILES string of the molecule is COc1ncc(C2(c3cccc(Br)c3)N=C(N)c3ccccc32)cn1. The van der Waals surface area contributed by atoms with E-state index in [0.29, 0.717) is 11.8 Å². The molecule has 2 aromatic carbocycles. The predicted octanol–water partition coefficient (Wildman–Crippen LogP) is 3.26. The largest absolute Gasteiger partial charge is 0.467 e. The van der Waals surface area contributed by atoms with E-state index in [4.69, 9.17) is 15.5 Å². The minimum absolute atomic E-state index is 0.316. The summed E-state index contributed by atoms with van der Waals surface area (Å²) in [6.07, 6.45) is 3.48. The topological polar surface area (TPSA) is 73.4 Å². The first-order chi connectivity index (χ1) is 12.1. The molecule has 6 heteroatoms. The summed E-state index contributed by atoms with van der Waals surface area (Å²) in [5, 5.41) is 0. The summed E-state index contributed by atoms with van der Waals surface area (Å²) in [6.45, 7) is 0. The third kappa shape index (κ3) is 2.41. The van der Waals surface area contributed by atoms with Crippen molar-refractivity contribution in [1.29, 1.82) is 0 Å². The van der Waals surface area contributed by atoms with E-state index in [9.17, 15) is 0 Å². The lowest BCUT2D eigenvalue weighted by Gasteiger charge is -2.28. The molecule has 25 heavy (non-hydrogen) atoms. The van der Waals surface area contributed by atoms with E-state index >= 15 is 0 Å². The highest BCUT2D eigenvalue weighted by Crippen LogP contribution is 2.45. The maximum absolute atomic E-state index is 6.26. The Balaban J connectivity index is 2.03. The summed E-state index contributed by atoms with van der Waals surface area (Å²) in [4.78, 5) is 13.4. The molecule has 0 spiro atoms. The molecule has 0 saturated heterocycles. The van der Waals surface area contributed by atoms with Crippen LogP contribution in [0.4, 0.5) is 0 Å². The van der Waals surface area contributed by atoms with Gasteiger partial charge in [0.1, 0.15) is 11.4 Å². The van der Waals surface area contributed by atoms with Crippen LogP contribution >= 0.6 is 15.9 Å². The Kier molecular flexibility index (Phi) is 3.77. The summed E-state index contributed by atoms with van der Waals surface area (Å²) in [5.74, 6) is 0.506. The zero-order chi connectivity index (χ0) is 17.4. The molecule has 0 bridgehead atoms. The van der Waals surface area contributed by atoms with Crippen LogP contribution in [0.2, 0.25) is 0 Å². The lowest BCUT2D eigenvalue weighted by Crippen LogP contribution is -2.26. The van der Waals surface area contributed by atoms with Gasteiger partial charge >= 0.3 is 6.01 Å². The molecule has 0 amide bonds. The molecule has 2 N–H and O–H groups in total. The van der Waals surface area contributed by atoms with E-state index in [-0.39, 0.29) is 0 Å². The van der Waals surface area contributed by atoms with Gasteiger partial charge in [-0.05, 0) is 23.3 Å². The Morgan fingerprint density at radius 2 is 1.76 bits per heavy atom. The van der Waals surface area contributed by atoms with Gasteiger partial charge in [-0.1, -0.05) is 52.3 Å². The Morgan fingerprint density at radius 1 is 1.00 bits per heavy atom. The second-order valence-electron chi connectivity index (χ2n) is 5.72. The number of halogens is 1. The summed E-state index contributed by atoms with van der Waals surface area (Å²) in [7, 11) is 1.54. The smallest absolute Gasteiger partial charge is 0.316 e. The third-order valence-electron chi connectivity index (χ3n) is 4.35. The minimum Gasteiger partial charge on any atom is -0.467 e. The molecule has 0 aliphatic carbocycles. The number of hydrogen-bond acceptors (Lipinski definition) is 5. The zero-order valence-corrected chi connectivity index (χ0v) is 15.1. The first-order valence-corrected chi connectivity index (χ1v) is 8.52. The third-order valence-corrected chi connectivity index (χ3v) is 4.85. The van der Waals surface area contributed by atoms with Crippen LogP contribution in [0, 0.1) is 0 Å². The van der Waals surface area contributed by atoms with Crippen molar-refractivity contribution in [3.63, 3.8) is 0 Å². The number of fused-ring (bicyclic) bond motifs is 1. The molecule has 1 aliphatic rings. The number of nitrogens with two attached hydrogens (primary N) is 1. The summed E-state index contributed by atoms with van der Waals surface area (Å²) in [5.41, 5.74) is 9.25. The Hall–Kier alpha value is -2.73. The lowest BCUT2D eigenvalue weighted by molar-refractivity contribution is 0.378. The summed E-state index contributed by atoms with van der Waals surface area (Å²) < 4.78 is 6.06. The fraction of sp³-hybridized carbons (Fsp3) is 0.105. The van der Waals surface area contributed by atoms with Gasteiger partial charge in [-0.3, -0.25) is 0 Å². The van der Waals surface area contributed by atoms with Gasteiger partial charge in [0.25, 0.3) is 0 Å². The van der Waals surface area contributed by atoms with Crippen LogP contribution in [-0.2, 0) is 5.54 Å². The van der Waals surface area contributed by atoms with E-state index in [0.717, 1.165) is 26.7 Å². The fourth-order valence-electron chi connectivity index (χ4n) is 3.25. The Bertz CT molecular complexity index is 971. The highest BCUT2D eigenvalue weighted by molar-refractivity contribution is 9.10. The van der Waals surface area contributed by atoms with Crippen molar-refractivity contribution in [3.8, 4) is 6.01 Å². The predicted molar refractivity (Wildman–Crippen MR) is 99.8 cm³/mol. The summed E-state index contributed by atoms with van der Waals surface area (Å²) >= 11 is 3.55. The van der Waals surface area contributed by atoms with Gasteiger partial charge in [0.05, 0.1) is 7.11 Å². The number of benzene rings is 2. The first-order valence-electron chi connectivity index (χ1n) is 7.73. The molecule has 1 aromatic heterocycles. The Morgan fingerprint density at radius 3 is 2.48 bits per heavy atom. The number of amidine groups is 1. The van der Waals surface area contributed by atoms with Crippen LogP contribution < -0.4 is 10.5 Å². The highest BCUT2D eigenvalue weighted by atomic mass is 79.9. The molecule has 1 unspecified atom stereocenters. The quantitative estimate of drug-likeness (QED) is 0.739. The molecule has 5 nitrogen and oxygen atoms in total. The van der Waals surface area contributed by atoms with Crippen molar-refractivity contribution >= 4 is 21.8 Å². The molecule has 2 heterocycles. The number of aromatic nitrogens is 2. The van der Waals surface area contributed by atoms with Gasteiger partial charge in [0.2, 0.25) is 0 Å². The van der Waals surface area contributed by atoms with Gasteiger partial charge in [-0.2, -0.15) is 0 Å². The monoisotopic (exact) mass is 394 g/mol. The van der Waals surface area contributed by atoms with Crippen molar-refractivity contribution < 1.29 is 4.74 Å². The van der Waals surface area contributed by atoms with Crippen LogP contribution in [0.15, 0.2) is 70.4 Å². The van der Waals surface area contributed by atoms with Crippen molar-refractivity contribution in [2.45, 2.75) is 5.54 Å². The normalized spacial score (nSPS) is 18.6. The van der Waals surface area contributed by atoms with Gasteiger partial charge in [0.15, 0.2) is 0 Å². The maximum atomic E-state index is 6.26. The first kappa shape index (κ1) is 15.8. The van der Waals surface area contributed by atoms with Crippen LogP contribution in [0.3, 0.4) is 0 Å². The molecule has 124 valence electrons. The van der Waals surface area contributed by atoms with Crippen LogP contribution in [0.25, 0.3) is 0 Å². The van der Waals surface area contributed by atoms with E-state index < -0.39 is 5.54 Å². The molecule has 3 aromatic rings. The maximum Gasteiger partial charge on any atom is 0.316 e. The molecule has 1 atom stereocenters. The number of hydrogen-bond donors (Lipinski definition) is 1. The Labute approximate surface area is 153 Å². The van der Waals surface area contributed by atoms with Crippen LogP contribution in [-0.4, -0.2) is 22.9 Å². The number of ether oxygens (including phenoxy) is 1. The molecular formula is C19H15BrN4O. The van der Waals surface area contributed by atoms with Gasteiger partial charge < -0.3 is 10.5 Å². The van der Waals surface area contributed by atoms with Gasteiger partial charge in [-0.25, -0.2) is 15.0 Å². The van der Waals surface area contributed by atoms with Crippen LogP contribution in [0.1, 0.15) is 22.3 Å². The minimum atomic E-state index is -0.781. The molecule has 4 rings (SSSR count). The number of rotatable bonds is 3. The second-order valence-corrected chi connectivity index (χ2v) is 6.64. The number of nitrogens with zero attached hydrogens (tertiary/aromatic N) is 3. The average Bonchev–Trinajstić information content (AvgIpc) is 2.96. The van der Waals surface area contributed by atoms with E-state index in [2.05, 4.69) is 25.9 Å². The number of methoxy groups -OCH3 is 1. The molecule has 0 saturated carbocycles. The zero-order valence-electron chi connectivity index (χ0n) is 13.5. The second kappa shape index (κ2) is 5.97. The standard InChI is InChI=1S/C19H15BrN4O/c1-25-18-22-10-13(11-23-18)19(12-5-4-6-14(20)9-12)16-8-3-2-7-15(16)17(21)24-19/h2-11H,1H3,(H2,21,24). The van der Waals surface area contributed by atoms with E-state index in [1.165, 1.54) is 0 Å². The average molecular weight is 395 g/mol.